The number of nitrogens with one attached hydrogen (secondary N) is 2. The topological polar surface area (TPSA) is 124 Å². The summed E-state index contributed by atoms with van der Waals surface area (Å²) in [6, 6.07) is 1.84. The first-order valence-electron chi connectivity index (χ1n) is 9.40. The third-order valence-corrected chi connectivity index (χ3v) is 5.53. The van der Waals surface area contributed by atoms with Gasteiger partial charge in [0.25, 0.3) is 5.91 Å². The molecule has 1 fully saturated rings. The summed E-state index contributed by atoms with van der Waals surface area (Å²) in [7, 11) is 0. The summed E-state index contributed by atoms with van der Waals surface area (Å²) in [5.41, 5.74) is 6.81. The van der Waals surface area contributed by atoms with Gasteiger partial charge in [0.2, 0.25) is 5.88 Å². The summed E-state index contributed by atoms with van der Waals surface area (Å²) < 4.78 is 34.2. The smallest absolute Gasteiger partial charge is 0.303 e. The van der Waals surface area contributed by atoms with E-state index in [-0.39, 0.29) is 52.4 Å². The third kappa shape index (κ3) is 4.02. The molecule has 4 rings (SSSR count). The van der Waals surface area contributed by atoms with Crippen LogP contribution in [0.4, 0.5) is 14.5 Å². The minimum absolute atomic E-state index is 0.00121. The zero-order valence-electron chi connectivity index (χ0n) is 16.4. The molecule has 1 aliphatic carbocycles. The third-order valence-electron chi connectivity index (χ3n) is 5.15. The van der Waals surface area contributed by atoms with Crippen molar-refractivity contribution in [1.82, 2.24) is 15.4 Å². The summed E-state index contributed by atoms with van der Waals surface area (Å²) >= 11 is 6.19. The molecule has 0 unspecified atom stereocenters. The second-order valence-corrected chi connectivity index (χ2v) is 7.56. The average molecular weight is 463 g/mol. The van der Waals surface area contributed by atoms with E-state index in [1.165, 1.54) is 18.5 Å². The lowest BCUT2D eigenvalue weighted by atomic mass is 9.85. The zero-order chi connectivity index (χ0) is 22.9. The highest BCUT2D eigenvalue weighted by Crippen LogP contribution is 2.52. The molecular weight excluding hydrogens is 446 g/mol. The van der Waals surface area contributed by atoms with Crippen molar-refractivity contribution in [1.29, 1.82) is 0 Å². The van der Waals surface area contributed by atoms with E-state index in [2.05, 4.69) is 31.7 Å². The largest absolute Gasteiger partial charge is 0.463 e. The molecule has 2 aliphatic rings. The number of carbonyl (C=O) groups is 1. The Balaban J connectivity index is 1.64. The van der Waals surface area contributed by atoms with Gasteiger partial charge in [-0.15, -0.1) is 11.9 Å². The van der Waals surface area contributed by atoms with Crippen LogP contribution in [0.1, 0.15) is 22.5 Å². The quantitative estimate of drug-likeness (QED) is 0.560. The first-order valence-corrected chi connectivity index (χ1v) is 9.78. The molecule has 1 amide bonds. The van der Waals surface area contributed by atoms with Gasteiger partial charge in [0.15, 0.2) is 6.61 Å². The Morgan fingerprint density at radius 2 is 2.28 bits per heavy atom. The average Bonchev–Trinajstić information content (AvgIpc) is 3.58. The van der Waals surface area contributed by atoms with Gasteiger partial charge in [0.05, 0.1) is 17.4 Å². The maximum Gasteiger partial charge on any atom is 0.303 e. The van der Waals surface area contributed by atoms with Gasteiger partial charge in [-0.1, -0.05) is 17.5 Å². The van der Waals surface area contributed by atoms with Gasteiger partial charge in [0.1, 0.15) is 23.7 Å². The van der Waals surface area contributed by atoms with Crippen LogP contribution < -0.4 is 21.3 Å². The molecule has 2 aromatic rings. The Bertz CT molecular complexity index is 1120. The number of anilines is 1. The molecule has 32 heavy (non-hydrogen) atoms. The Morgan fingerprint density at radius 1 is 1.47 bits per heavy atom. The van der Waals surface area contributed by atoms with Gasteiger partial charge in [-0.05, 0) is 18.6 Å². The second-order valence-electron chi connectivity index (χ2n) is 7.18. The van der Waals surface area contributed by atoms with Crippen molar-refractivity contribution >= 4 is 29.2 Å². The summed E-state index contributed by atoms with van der Waals surface area (Å²) in [5.74, 6) is 0.516. The van der Waals surface area contributed by atoms with E-state index in [4.69, 9.17) is 33.3 Å². The van der Waals surface area contributed by atoms with Gasteiger partial charge < -0.3 is 20.6 Å². The number of carbonyl (C=O) groups excluding carboxylic acids is 1. The molecule has 1 aromatic heterocycles. The number of alkyl halides is 1. The fourth-order valence-corrected chi connectivity index (χ4v) is 3.82. The molecule has 1 aliphatic heterocycles. The van der Waals surface area contributed by atoms with Crippen LogP contribution in [-0.2, 0) is 10.4 Å². The molecule has 1 saturated carbocycles. The number of hydrogen-bond acceptors (Lipinski definition) is 8. The van der Waals surface area contributed by atoms with E-state index < -0.39 is 23.9 Å². The molecule has 2 heterocycles. The molecular formula is C20H17ClF2N6O3. The van der Waals surface area contributed by atoms with Crippen LogP contribution in [-0.4, -0.2) is 41.2 Å². The number of amidine groups is 1. The van der Waals surface area contributed by atoms with Crippen LogP contribution in [0.3, 0.4) is 0 Å². The summed E-state index contributed by atoms with van der Waals surface area (Å²) in [6.07, 6.45) is 8.02. The number of aliphatic imine (C=N–C) groups is 1. The summed E-state index contributed by atoms with van der Waals surface area (Å²) in [4.78, 5) is 29.6. The highest BCUT2D eigenvalue weighted by molar-refractivity contribution is 6.31. The number of aromatic nitrogens is 2. The monoisotopic (exact) mass is 462 g/mol. The van der Waals surface area contributed by atoms with Crippen molar-refractivity contribution in [3.63, 3.8) is 0 Å². The molecule has 3 atom stereocenters. The minimum atomic E-state index is -1.56. The molecule has 12 heteroatoms. The van der Waals surface area contributed by atoms with Crippen molar-refractivity contribution in [2.24, 2.45) is 16.6 Å². The fourth-order valence-electron chi connectivity index (χ4n) is 3.55. The van der Waals surface area contributed by atoms with Crippen LogP contribution in [0.25, 0.3) is 0 Å². The van der Waals surface area contributed by atoms with Crippen LogP contribution in [0.15, 0.2) is 29.5 Å². The van der Waals surface area contributed by atoms with Gasteiger partial charge in [0, 0.05) is 23.2 Å². The minimum Gasteiger partial charge on any atom is -0.463 e. The zero-order valence-corrected chi connectivity index (χ0v) is 17.2. The van der Waals surface area contributed by atoms with Crippen LogP contribution in [0.5, 0.6) is 5.88 Å². The number of benzene rings is 1. The predicted molar refractivity (Wildman–Crippen MR) is 111 cm³/mol. The molecule has 166 valence electrons. The van der Waals surface area contributed by atoms with Gasteiger partial charge in [-0.3, -0.25) is 4.79 Å². The summed E-state index contributed by atoms with van der Waals surface area (Å²) in [6.45, 7) is -1.00. The van der Waals surface area contributed by atoms with E-state index in [0.29, 0.717) is 6.42 Å². The highest BCUT2D eigenvalue weighted by atomic mass is 35.5. The van der Waals surface area contributed by atoms with Crippen LogP contribution in [0, 0.1) is 24.1 Å². The van der Waals surface area contributed by atoms with Crippen LogP contribution >= 0.6 is 11.6 Å². The van der Waals surface area contributed by atoms with E-state index in [9.17, 15) is 13.6 Å². The number of terminal acetylenes is 1. The maximum absolute atomic E-state index is 14.7. The van der Waals surface area contributed by atoms with E-state index in [1.54, 1.807) is 0 Å². The Kier molecular flexibility index (Phi) is 5.82. The van der Waals surface area contributed by atoms with Crippen molar-refractivity contribution in [3.8, 4) is 18.2 Å². The number of fused-ring (bicyclic) bond motifs is 1. The molecule has 4 N–H and O–H groups in total. The molecule has 1 aromatic carbocycles. The molecule has 0 bridgehead atoms. The number of nitrogens with two attached hydrogens (primary N) is 1. The number of hydrogen-bond donors (Lipinski definition) is 3. The lowest BCUT2D eigenvalue weighted by molar-refractivity contribution is 0.102. The lowest BCUT2D eigenvalue weighted by Crippen LogP contribution is -2.33. The first kappa shape index (κ1) is 21.7. The molecule has 0 spiro atoms. The maximum atomic E-state index is 14.7. The molecule has 0 saturated heterocycles. The van der Waals surface area contributed by atoms with Crippen LogP contribution in [0.2, 0.25) is 5.02 Å². The number of ether oxygens (including phenoxy) is 1. The molecule has 9 nitrogen and oxygen atoms in total. The van der Waals surface area contributed by atoms with Crippen molar-refractivity contribution in [2.75, 3.05) is 18.6 Å². The fraction of sp³-hybridized carbons (Fsp3) is 0.300. The standard InChI is InChI=1S/C20H17ClF2N6O3/c1-2-3-31-16-8-25-15(7-26-16)18(30)27-10-4-12(17(21)13(23)5-10)20(9-22)11-6-14(11)29-32-19(24)28-20/h1,4-5,7-8,11,14,29H,3,6,9H2,(H2,24,28)(H,27,30)/t11-,14+,20-/m0/s1. The first-order chi connectivity index (χ1) is 15.4. The van der Waals surface area contributed by atoms with Gasteiger partial charge >= 0.3 is 6.02 Å². The lowest BCUT2D eigenvalue weighted by Gasteiger charge is -2.28. The van der Waals surface area contributed by atoms with Crippen molar-refractivity contribution in [3.05, 3.63) is 46.6 Å². The van der Waals surface area contributed by atoms with E-state index >= 15 is 0 Å². The Labute approximate surface area is 186 Å². The predicted octanol–water partition coefficient (Wildman–Crippen LogP) is 1.94. The van der Waals surface area contributed by atoms with Gasteiger partial charge in [-0.25, -0.2) is 23.7 Å². The Hall–Kier alpha value is -3.49. The van der Waals surface area contributed by atoms with Gasteiger partial charge in [-0.2, -0.15) is 0 Å². The van der Waals surface area contributed by atoms with E-state index in [0.717, 1.165) is 6.07 Å². The number of rotatable bonds is 6. The highest BCUT2D eigenvalue weighted by Gasteiger charge is 2.57. The summed E-state index contributed by atoms with van der Waals surface area (Å²) in [5, 5.41) is 2.18. The van der Waals surface area contributed by atoms with Crippen molar-refractivity contribution in [2.45, 2.75) is 18.0 Å². The second kappa shape index (κ2) is 8.57. The number of nitrogens with zero attached hydrogens (tertiary/aromatic N) is 3. The van der Waals surface area contributed by atoms with E-state index in [1.807, 2.05) is 0 Å². The number of amides is 1. The number of hydroxylamine groups is 1. The van der Waals surface area contributed by atoms with Crippen molar-refractivity contribution < 1.29 is 23.1 Å². The normalized spacial score (nSPS) is 23.6. The Morgan fingerprint density at radius 3 is 2.97 bits per heavy atom. The SMILES string of the molecule is C#CCOc1cnc(C(=O)Nc2cc(F)c(Cl)c([C@@]3(CF)N=C(N)ON[C@@H]4C[C@@H]43)c2)cn1. The number of halogens is 3. The molecule has 0 radical (unpaired) electrons.